The SMILES string of the molecule is CC(N)c1ccc(Sc2ccccc2)cc1Br. The lowest BCUT2D eigenvalue weighted by atomic mass is 10.1. The molecule has 88 valence electrons. The molecule has 0 radical (unpaired) electrons. The Bertz CT molecular complexity index is 497. The highest BCUT2D eigenvalue weighted by Gasteiger charge is 2.06. The molecule has 0 bridgehead atoms. The third-order valence-corrected chi connectivity index (χ3v) is 4.13. The van der Waals surface area contributed by atoms with E-state index >= 15 is 0 Å². The van der Waals surface area contributed by atoms with E-state index in [1.165, 1.54) is 9.79 Å². The predicted molar refractivity (Wildman–Crippen MR) is 77.3 cm³/mol. The standard InChI is InChI=1S/C14H14BrNS/c1-10(16)13-8-7-12(9-14(13)15)17-11-5-3-2-4-6-11/h2-10H,16H2,1H3. The van der Waals surface area contributed by atoms with Gasteiger partial charge in [0.1, 0.15) is 0 Å². The Hall–Kier alpha value is -0.770. The minimum atomic E-state index is 0.0557. The van der Waals surface area contributed by atoms with Crippen LogP contribution in [-0.2, 0) is 0 Å². The van der Waals surface area contributed by atoms with Crippen LogP contribution in [0.3, 0.4) is 0 Å². The Balaban J connectivity index is 2.21. The van der Waals surface area contributed by atoms with E-state index in [-0.39, 0.29) is 6.04 Å². The van der Waals surface area contributed by atoms with E-state index in [1.807, 2.05) is 25.1 Å². The second-order valence-corrected chi connectivity index (χ2v) is 5.89. The molecule has 2 rings (SSSR count). The highest BCUT2D eigenvalue weighted by atomic mass is 79.9. The van der Waals surface area contributed by atoms with Crippen LogP contribution in [0.1, 0.15) is 18.5 Å². The van der Waals surface area contributed by atoms with Crippen molar-refractivity contribution in [1.82, 2.24) is 0 Å². The summed E-state index contributed by atoms with van der Waals surface area (Å²) in [5, 5.41) is 0. The van der Waals surface area contributed by atoms with Crippen molar-refractivity contribution in [2.45, 2.75) is 22.8 Å². The Morgan fingerprint density at radius 2 is 1.76 bits per heavy atom. The number of halogens is 1. The first kappa shape index (κ1) is 12.7. The Kier molecular flexibility index (Phi) is 4.26. The molecule has 0 aliphatic rings. The summed E-state index contributed by atoms with van der Waals surface area (Å²) in [6.45, 7) is 1.99. The van der Waals surface area contributed by atoms with Crippen molar-refractivity contribution in [2.75, 3.05) is 0 Å². The van der Waals surface area contributed by atoms with E-state index in [0.29, 0.717) is 0 Å². The topological polar surface area (TPSA) is 26.0 Å². The molecule has 0 aliphatic heterocycles. The third-order valence-electron chi connectivity index (χ3n) is 2.44. The summed E-state index contributed by atoms with van der Waals surface area (Å²) >= 11 is 5.32. The number of rotatable bonds is 3. The van der Waals surface area contributed by atoms with Crippen molar-refractivity contribution in [3.8, 4) is 0 Å². The van der Waals surface area contributed by atoms with Gasteiger partial charge in [0.25, 0.3) is 0 Å². The first-order valence-corrected chi connectivity index (χ1v) is 7.05. The smallest absolute Gasteiger partial charge is 0.0277 e. The highest BCUT2D eigenvalue weighted by Crippen LogP contribution is 2.32. The lowest BCUT2D eigenvalue weighted by Gasteiger charge is -2.10. The fourth-order valence-corrected chi connectivity index (χ4v) is 3.33. The van der Waals surface area contributed by atoms with Gasteiger partial charge in [-0.15, -0.1) is 0 Å². The molecule has 1 nitrogen and oxygen atoms in total. The van der Waals surface area contributed by atoms with Crippen LogP contribution in [0.15, 0.2) is 62.8 Å². The van der Waals surface area contributed by atoms with Crippen LogP contribution in [0.5, 0.6) is 0 Å². The summed E-state index contributed by atoms with van der Waals surface area (Å²) in [6, 6.07) is 16.7. The minimum absolute atomic E-state index is 0.0557. The molecule has 1 unspecified atom stereocenters. The molecule has 0 saturated heterocycles. The molecular formula is C14H14BrNS. The maximum absolute atomic E-state index is 5.88. The van der Waals surface area contributed by atoms with Crippen LogP contribution in [-0.4, -0.2) is 0 Å². The van der Waals surface area contributed by atoms with Gasteiger partial charge in [0.15, 0.2) is 0 Å². The molecule has 0 saturated carbocycles. The minimum Gasteiger partial charge on any atom is -0.324 e. The first-order chi connectivity index (χ1) is 8.16. The van der Waals surface area contributed by atoms with Gasteiger partial charge in [0.2, 0.25) is 0 Å². The number of hydrogen-bond acceptors (Lipinski definition) is 2. The molecule has 2 N–H and O–H groups in total. The van der Waals surface area contributed by atoms with E-state index in [9.17, 15) is 0 Å². The van der Waals surface area contributed by atoms with Crippen molar-refractivity contribution in [1.29, 1.82) is 0 Å². The molecule has 0 aliphatic carbocycles. The lowest BCUT2D eigenvalue weighted by molar-refractivity contribution is 0.811. The second-order valence-electron chi connectivity index (χ2n) is 3.89. The monoisotopic (exact) mass is 307 g/mol. The highest BCUT2D eigenvalue weighted by molar-refractivity contribution is 9.10. The average molecular weight is 308 g/mol. The van der Waals surface area contributed by atoms with Gasteiger partial charge in [-0.3, -0.25) is 0 Å². The zero-order valence-corrected chi connectivity index (χ0v) is 12.0. The van der Waals surface area contributed by atoms with Gasteiger partial charge < -0.3 is 5.73 Å². The Morgan fingerprint density at radius 3 is 2.35 bits per heavy atom. The molecule has 0 spiro atoms. The van der Waals surface area contributed by atoms with Crippen LogP contribution >= 0.6 is 27.7 Å². The largest absolute Gasteiger partial charge is 0.324 e. The maximum Gasteiger partial charge on any atom is 0.0277 e. The fourth-order valence-electron chi connectivity index (χ4n) is 1.57. The van der Waals surface area contributed by atoms with Gasteiger partial charge in [-0.25, -0.2) is 0 Å². The molecule has 2 aromatic carbocycles. The maximum atomic E-state index is 5.88. The van der Waals surface area contributed by atoms with Crippen molar-refractivity contribution in [2.24, 2.45) is 5.73 Å². The summed E-state index contributed by atoms with van der Waals surface area (Å²) in [5.74, 6) is 0. The van der Waals surface area contributed by atoms with E-state index in [4.69, 9.17) is 5.73 Å². The molecule has 1 atom stereocenters. The van der Waals surface area contributed by atoms with Crippen molar-refractivity contribution >= 4 is 27.7 Å². The Morgan fingerprint density at radius 1 is 1.06 bits per heavy atom. The summed E-state index contributed by atoms with van der Waals surface area (Å²) in [7, 11) is 0. The third kappa shape index (κ3) is 3.35. The molecule has 0 fully saturated rings. The fraction of sp³-hybridized carbons (Fsp3) is 0.143. The van der Waals surface area contributed by atoms with Gasteiger partial charge in [0.05, 0.1) is 0 Å². The van der Waals surface area contributed by atoms with Crippen molar-refractivity contribution < 1.29 is 0 Å². The number of nitrogens with two attached hydrogens (primary N) is 1. The van der Waals surface area contributed by atoms with Crippen molar-refractivity contribution in [3.05, 3.63) is 58.6 Å². The first-order valence-electron chi connectivity index (χ1n) is 5.45. The molecule has 3 heteroatoms. The summed E-state index contributed by atoms with van der Waals surface area (Å²) < 4.78 is 1.08. The molecule has 17 heavy (non-hydrogen) atoms. The molecule has 2 aromatic rings. The average Bonchev–Trinajstić information content (AvgIpc) is 2.30. The van der Waals surface area contributed by atoms with Crippen LogP contribution in [0.4, 0.5) is 0 Å². The van der Waals surface area contributed by atoms with Crippen LogP contribution in [0, 0.1) is 0 Å². The molecule has 0 heterocycles. The predicted octanol–water partition coefficient (Wildman–Crippen LogP) is 4.62. The quantitative estimate of drug-likeness (QED) is 0.895. The number of benzene rings is 2. The van der Waals surface area contributed by atoms with E-state index < -0.39 is 0 Å². The molecular weight excluding hydrogens is 294 g/mol. The van der Waals surface area contributed by atoms with Crippen LogP contribution in [0.25, 0.3) is 0 Å². The normalized spacial score (nSPS) is 12.4. The van der Waals surface area contributed by atoms with E-state index in [2.05, 4.69) is 46.3 Å². The molecule has 0 aromatic heterocycles. The van der Waals surface area contributed by atoms with Gasteiger partial charge in [-0.2, -0.15) is 0 Å². The summed E-state index contributed by atoms with van der Waals surface area (Å²) in [4.78, 5) is 2.46. The number of hydrogen-bond donors (Lipinski definition) is 1. The lowest BCUT2D eigenvalue weighted by Crippen LogP contribution is -2.05. The molecule has 0 amide bonds. The summed E-state index contributed by atoms with van der Waals surface area (Å²) in [5.41, 5.74) is 7.02. The van der Waals surface area contributed by atoms with Crippen molar-refractivity contribution in [3.63, 3.8) is 0 Å². The van der Waals surface area contributed by atoms with Crippen LogP contribution < -0.4 is 5.73 Å². The van der Waals surface area contributed by atoms with E-state index in [1.54, 1.807) is 11.8 Å². The zero-order valence-electron chi connectivity index (χ0n) is 9.56. The van der Waals surface area contributed by atoms with Gasteiger partial charge in [-0.1, -0.05) is 52.0 Å². The van der Waals surface area contributed by atoms with E-state index in [0.717, 1.165) is 10.0 Å². The van der Waals surface area contributed by atoms with Gasteiger partial charge in [0, 0.05) is 20.3 Å². The Labute approximate surface area is 115 Å². The zero-order chi connectivity index (χ0) is 12.3. The second kappa shape index (κ2) is 5.71. The van der Waals surface area contributed by atoms with Gasteiger partial charge in [-0.05, 0) is 36.8 Å². The van der Waals surface area contributed by atoms with Crippen LogP contribution in [0.2, 0.25) is 0 Å². The van der Waals surface area contributed by atoms with Gasteiger partial charge >= 0.3 is 0 Å². The summed E-state index contributed by atoms with van der Waals surface area (Å²) in [6.07, 6.45) is 0.